The van der Waals surface area contributed by atoms with Crippen LogP contribution in [0.2, 0.25) is 0 Å². The summed E-state index contributed by atoms with van der Waals surface area (Å²) < 4.78 is 13.9. The van der Waals surface area contributed by atoms with Crippen molar-refractivity contribution in [1.29, 1.82) is 0 Å². The Bertz CT molecular complexity index is 415. The largest absolute Gasteiger partial charge is 0.339 e. The summed E-state index contributed by atoms with van der Waals surface area (Å²) in [5.74, 6) is -0.468. The van der Waals surface area contributed by atoms with Gasteiger partial charge in [0.15, 0.2) is 0 Å². The van der Waals surface area contributed by atoms with Gasteiger partial charge in [-0.1, -0.05) is 26.7 Å². The van der Waals surface area contributed by atoms with Gasteiger partial charge in [-0.05, 0) is 47.0 Å². The van der Waals surface area contributed by atoms with Crippen LogP contribution in [0.4, 0.5) is 4.39 Å². The van der Waals surface area contributed by atoms with Crippen molar-refractivity contribution in [2.45, 2.75) is 39.5 Å². The highest BCUT2D eigenvalue weighted by molar-refractivity contribution is 9.10. The average Bonchev–Trinajstić information content (AvgIpc) is 2.41. The molecule has 0 unspecified atom stereocenters. The summed E-state index contributed by atoms with van der Waals surface area (Å²) in [6, 6.07) is 4.55. The van der Waals surface area contributed by atoms with E-state index in [4.69, 9.17) is 0 Å². The maximum atomic E-state index is 13.5. The van der Waals surface area contributed by atoms with E-state index in [1.54, 1.807) is 12.1 Å². The Morgan fingerprint density at radius 2 is 1.79 bits per heavy atom. The van der Waals surface area contributed by atoms with Gasteiger partial charge in [0.05, 0.1) is 4.47 Å². The number of hydrogen-bond donors (Lipinski definition) is 0. The van der Waals surface area contributed by atoms with Crippen LogP contribution in [-0.2, 0) is 0 Å². The molecule has 1 rings (SSSR count). The minimum Gasteiger partial charge on any atom is -0.339 e. The van der Waals surface area contributed by atoms with Gasteiger partial charge in [0.1, 0.15) is 5.82 Å². The lowest BCUT2D eigenvalue weighted by Crippen LogP contribution is -2.33. The van der Waals surface area contributed by atoms with Crippen molar-refractivity contribution in [3.8, 4) is 0 Å². The molecule has 0 aliphatic carbocycles. The second kappa shape index (κ2) is 8.31. The summed E-state index contributed by atoms with van der Waals surface area (Å²) in [5, 5.41) is 0. The molecule has 0 aliphatic rings. The summed E-state index contributed by atoms with van der Waals surface area (Å²) in [4.78, 5) is 14.2. The van der Waals surface area contributed by atoms with E-state index >= 15 is 0 Å². The second-order valence-electron chi connectivity index (χ2n) is 4.63. The lowest BCUT2D eigenvalue weighted by atomic mass is 10.1. The Hall–Kier alpha value is -0.900. The molecule has 0 spiro atoms. The van der Waals surface area contributed by atoms with Gasteiger partial charge in [-0.3, -0.25) is 4.79 Å². The van der Waals surface area contributed by atoms with Crippen LogP contribution in [0, 0.1) is 5.82 Å². The van der Waals surface area contributed by atoms with Crippen molar-refractivity contribution in [3.05, 3.63) is 34.1 Å². The first-order chi connectivity index (χ1) is 9.10. The number of rotatable bonds is 7. The zero-order chi connectivity index (χ0) is 14.3. The molecule has 4 heteroatoms. The number of carbonyl (C=O) groups is 1. The summed E-state index contributed by atoms with van der Waals surface area (Å²) in [5.41, 5.74) is 0.424. The van der Waals surface area contributed by atoms with E-state index in [0.717, 1.165) is 38.8 Å². The zero-order valence-electron chi connectivity index (χ0n) is 11.6. The zero-order valence-corrected chi connectivity index (χ0v) is 13.2. The third kappa shape index (κ3) is 4.94. The summed E-state index contributed by atoms with van der Waals surface area (Å²) in [6.07, 6.45) is 4.05. The number of amides is 1. The van der Waals surface area contributed by atoms with Gasteiger partial charge in [0.25, 0.3) is 5.91 Å². The highest BCUT2D eigenvalue weighted by Crippen LogP contribution is 2.18. The van der Waals surface area contributed by atoms with E-state index in [0.29, 0.717) is 10.0 Å². The van der Waals surface area contributed by atoms with E-state index in [2.05, 4.69) is 29.8 Å². The number of hydrogen-bond acceptors (Lipinski definition) is 1. The molecular formula is C15H21BrFNO. The number of nitrogens with zero attached hydrogens (tertiary/aromatic N) is 1. The molecular weight excluding hydrogens is 309 g/mol. The van der Waals surface area contributed by atoms with E-state index in [1.807, 2.05) is 4.90 Å². The Morgan fingerprint density at radius 3 is 2.26 bits per heavy atom. The van der Waals surface area contributed by atoms with Crippen molar-refractivity contribution < 1.29 is 9.18 Å². The minimum absolute atomic E-state index is 0.0756. The molecule has 0 aliphatic heterocycles. The third-order valence-corrected chi connectivity index (χ3v) is 3.66. The maximum Gasteiger partial charge on any atom is 0.253 e. The molecule has 1 aromatic carbocycles. The standard InChI is InChI=1S/C15H21BrFNO/c1-3-5-9-18(10-6-4-2)15(19)12-7-8-13(16)14(17)11-12/h7-8,11H,3-6,9-10H2,1-2H3. The minimum atomic E-state index is -0.392. The summed E-state index contributed by atoms with van der Waals surface area (Å²) in [7, 11) is 0. The first kappa shape index (κ1) is 16.2. The highest BCUT2D eigenvalue weighted by atomic mass is 79.9. The van der Waals surface area contributed by atoms with Crippen LogP contribution in [0.25, 0.3) is 0 Å². The predicted molar refractivity (Wildman–Crippen MR) is 79.8 cm³/mol. The molecule has 2 nitrogen and oxygen atoms in total. The van der Waals surface area contributed by atoms with Crippen LogP contribution in [-0.4, -0.2) is 23.9 Å². The molecule has 0 aromatic heterocycles. The average molecular weight is 330 g/mol. The number of unbranched alkanes of at least 4 members (excludes halogenated alkanes) is 2. The summed E-state index contributed by atoms with van der Waals surface area (Å²) >= 11 is 3.10. The third-order valence-electron chi connectivity index (χ3n) is 3.02. The van der Waals surface area contributed by atoms with Crippen molar-refractivity contribution in [2.24, 2.45) is 0 Å². The maximum absolute atomic E-state index is 13.5. The molecule has 0 radical (unpaired) electrons. The smallest absolute Gasteiger partial charge is 0.253 e. The van der Waals surface area contributed by atoms with Crippen molar-refractivity contribution in [2.75, 3.05) is 13.1 Å². The van der Waals surface area contributed by atoms with Crippen molar-refractivity contribution >= 4 is 21.8 Å². The Morgan fingerprint density at radius 1 is 1.21 bits per heavy atom. The van der Waals surface area contributed by atoms with Gasteiger partial charge >= 0.3 is 0 Å². The lowest BCUT2D eigenvalue weighted by molar-refractivity contribution is 0.0750. The van der Waals surface area contributed by atoms with E-state index in [-0.39, 0.29) is 5.91 Å². The van der Waals surface area contributed by atoms with E-state index < -0.39 is 5.82 Å². The fraction of sp³-hybridized carbons (Fsp3) is 0.533. The molecule has 0 fully saturated rings. The quantitative estimate of drug-likeness (QED) is 0.714. The highest BCUT2D eigenvalue weighted by Gasteiger charge is 2.16. The molecule has 19 heavy (non-hydrogen) atoms. The van der Waals surface area contributed by atoms with E-state index in [1.165, 1.54) is 6.07 Å². The van der Waals surface area contributed by atoms with Gasteiger partial charge in [0.2, 0.25) is 0 Å². The van der Waals surface area contributed by atoms with Gasteiger partial charge in [-0.25, -0.2) is 4.39 Å². The topological polar surface area (TPSA) is 20.3 Å². The Labute approximate surface area is 123 Å². The molecule has 0 N–H and O–H groups in total. The van der Waals surface area contributed by atoms with Crippen LogP contribution in [0.5, 0.6) is 0 Å². The molecule has 0 saturated carbocycles. The normalized spacial score (nSPS) is 10.5. The van der Waals surface area contributed by atoms with Crippen LogP contribution < -0.4 is 0 Å². The fourth-order valence-electron chi connectivity index (χ4n) is 1.82. The van der Waals surface area contributed by atoms with Crippen molar-refractivity contribution in [3.63, 3.8) is 0 Å². The Kier molecular flexibility index (Phi) is 7.06. The van der Waals surface area contributed by atoms with E-state index in [9.17, 15) is 9.18 Å². The van der Waals surface area contributed by atoms with Crippen LogP contribution >= 0.6 is 15.9 Å². The summed E-state index contributed by atoms with van der Waals surface area (Å²) in [6.45, 7) is 5.68. The van der Waals surface area contributed by atoms with Gasteiger partial charge < -0.3 is 4.90 Å². The molecule has 1 aromatic rings. The van der Waals surface area contributed by atoms with Gasteiger partial charge in [-0.15, -0.1) is 0 Å². The number of benzene rings is 1. The van der Waals surface area contributed by atoms with Crippen LogP contribution in [0.3, 0.4) is 0 Å². The predicted octanol–water partition coefficient (Wildman–Crippen LogP) is 4.63. The molecule has 106 valence electrons. The van der Waals surface area contributed by atoms with Crippen LogP contribution in [0.15, 0.2) is 22.7 Å². The lowest BCUT2D eigenvalue weighted by Gasteiger charge is -2.22. The van der Waals surface area contributed by atoms with Crippen LogP contribution in [0.1, 0.15) is 49.9 Å². The van der Waals surface area contributed by atoms with Gasteiger partial charge in [0, 0.05) is 18.7 Å². The Balaban J connectivity index is 2.81. The van der Waals surface area contributed by atoms with Crippen molar-refractivity contribution in [1.82, 2.24) is 4.90 Å². The SMILES string of the molecule is CCCCN(CCCC)C(=O)c1ccc(Br)c(F)c1. The monoisotopic (exact) mass is 329 g/mol. The van der Waals surface area contributed by atoms with Gasteiger partial charge in [-0.2, -0.15) is 0 Å². The first-order valence-electron chi connectivity index (χ1n) is 6.84. The first-order valence-corrected chi connectivity index (χ1v) is 7.63. The second-order valence-corrected chi connectivity index (χ2v) is 5.48. The molecule has 0 atom stereocenters. The molecule has 0 saturated heterocycles. The molecule has 1 amide bonds. The molecule has 0 heterocycles. The fourth-order valence-corrected chi connectivity index (χ4v) is 2.07. The molecule has 0 bridgehead atoms. The number of halogens is 2. The number of carbonyl (C=O) groups excluding carboxylic acids is 1.